The second-order valence-corrected chi connectivity index (χ2v) is 5.46. The SMILES string of the molecule is COCCNCCc1c(C)nn(CC2CCCO2)c1C. The summed E-state index contributed by atoms with van der Waals surface area (Å²) < 4.78 is 12.8. The van der Waals surface area contributed by atoms with Crippen LogP contribution in [0.4, 0.5) is 0 Å². The number of ether oxygens (including phenoxy) is 2. The summed E-state index contributed by atoms with van der Waals surface area (Å²) in [6, 6.07) is 0. The maximum absolute atomic E-state index is 5.70. The second-order valence-electron chi connectivity index (χ2n) is 5.46. The molecule has 0 radical (unpaired) electrons. The van der Waals surface area contributed by atoms with Gasteiger partial charge in [-0.1, -0.05) is 0 Å². The fraction of sp³-hybridized carbons (Fsp3) is 0.800. The lowest BCUT2D eigenvalue weighted by Crippen LogP contribution is -2.22. The van der Waals surface area contributed by atoms with Crippen molar-refractivity contribution in [2.45, 2.75) is 45.8 Å². The fourth-order valence-corrected chi connectivity index (χ4v) is 2.77. The van der Waals surface area contributed by atoms with Crippen molar-refractivity contribution in [1.29, 1.82) is 0 Å². The molecule has 1 aliphatic heterocycles. The van der Waals surface area contributed by atoms with Crippen molar-refractivity contribution in [3.8, 4) is 0 Å². The van der Waals surface area contributed by atoms with Gasteiger partial charge >= 0.3 is 0 Å². The molecule has 114 valence electrons. The third-order valence-corrected chi connectivity index (χ3v) is 3.97. The summed E-state index contributed by atoms with van der Waals surface area (Å²) in [5, 5.41) is 8.06. The van der Waals surface area contributed by atoms with Crippen molar-refractivity contribution in [2.24, 2.45) is 0 Å². The number of nitrogens with one attached hydrogen (secondary N) is 1. The minimum Gasteiger partial charge on any atom is -0.383 e. The molecule has 1 unspecified atom stereocenters. The lowest BCUT2D eigenvalue weighted by atomic mass is 10.1. The van der Waals surface area contributed by atoms with Crippen molar-refractivity contribution < 1.29 is 9.47 Å². The zero-order valence-corrected chi connectivity index (χ0v) is 12.9. The average Bonchev–Trinajstić information content (AvgIpc) is 3.02. The zero-order valence-electron chi connectivity index (χ0n) is 12.9. The molecule has 0 aliphatic carbocycles. The molecule has 1 atom stereocenters. The Morgan fingerprint density at radius 1 is 1.40 bits per heavy atom. The Kier molecular flexibility index (Phi) is 6.01. The molecule has 1 aromatic heterocycles. The molecular weight excluding hydrogens is 254 g/mol. The van der Waals surface area contributed by atoms with Gasteiger partial charge in [0, 0.05) is 26.0 Å². The molecule has 1 aromatic rings. The second kappa shape index (κ2) is 7.76. The molecule has 0 bridgehead atoms. The molecule has 5 nitrogen and oxygen atoms in total. The molecule has 0 saturated carbocycles. The van der Waals surface area contributed by atoms with Crippen LogP contribution in [-0.4, -0.2) is 49.3 Å². The van der Waals surface area contributed by atoms with E-state index in [9.17, 15) is 0 Å². The molecule has 2 heterocycles. The maximum Gasteiger partial charge on any atom is 0.0771 e. The van der Waals surface area contributed by atoms with E-state index in [2.05, 4.69) is 28.9 Å². The quantitative estimate of drug-likeness (QED) is 0.733. The van der Waals surface area contributed by atoms with Crippen molar-refractivity contribution >= 4 is 0 Å². The highest BCUT2D eigenvalue weighted by atomic mass is 16.5. The zero-order chi connectivity index (χ0) is 14.4. The highest BCUT2D eigenvalue weighted by molar-refractivity contribution is 5.24. The normalized spacial score (nSPS) is 18.9. The number of nitrogens with zero attached hydrogens (tertiary/aromatic N) is 2. The van der Waals surface area contributed by atoms with Crippen LogP contribution in [0.15, 0.2) is 0 Å². The van der Waals surface area contributed by atoms with Gasteiger partial charge in [0.15, 0.2) is 0 Å². The van der Waals surface area contributed by atoms with E-state index in [1.165, 1.54) is 17.7 Å². The summed E-state index contributed by atoms with van der Waals surface area (Å²) in [5.41, 5.74) is 3.80. The highest BCUT2D eigenvalue weighted by Gasteiger charge is 2.19. The van der Waals surface area contributed by atoms with Crippen LogP contribution < -0.4 is 5.32 Å². The van der Waals surface area contributed by atoms with Gasteiger partial charge in [0.25, 0.3) is 0 Å². The Balaban J connectivity index is 1.87. The van der Waals surface area contributed by atoms with E-state index in [0.717, 1.165) is 51.4 Å². The van der Waals surface area contributed by atoms with Gasteiger partial charge in [0.05, 0.1) is 24.9 Å². The van der Waals surface area contributed by atoms with Gasteiger partial charge in [0.1, 0.15) is 0 Å². The van der Waals surface area contributed by atoms with Gasteiger partial charge < -0.3 is 14.8 Å². The number of methoxy groups -OCH3 is 1. The van der Waals surface area contributed by atoms with Gasteiger partial charge in [-0.05, 0) is 45.2 Å². The van der Waals surface area contributed by atoms with Crippen molar-refractivity contribution in [2.75, 3.05) is 33.4 Å². The van der Waals surface area contributed by atoms with Gasteiger partial charge in [0.2, 0.25) is 0 Å². The van der Waals surface area contributed by atoms with Crippen LogP contribution in [0.2, 0.25) is 0 Å². The van der Waals surface area contributed by atoms with E-state index in [-0.39, 0.29) is 0 Å². The largest absolute Gasteiger partial charge is 0.383 e. The minimum atomic E-state index is 0.348. The first-order chi connectivity index (χ1) is 9.72. The Morgan fingerprint density at radius 2 is 2.25 bits per heavy atom. The fourth-order valence-electron chi connectivity index (χ4n) is 2.77. The summed E-state index contributed by atoms with van der Waals surface area (Å²) in [6.45, 7) is 8.69. The van der Waals surface area contributed by atoms with E-state index < -0.39 is 0 Å². The van der Waals surface area contributed by atoms with Crippen molar-refractivity contribution in [1.82, 2.24) is 15.1 Å². The molecule has 1 saturated heterocycles. The van der Waals surface area contributed by atoms with Crippen LogP contribution in [0.5, 0.6) is 0 Å². The van der Waals surface area contributed by atoms with Crippen LogP contribution >= 0.6 is 0 Å². The van der Waals surface area contributed by atoms with Crippen molar-refractivity contribution in [3.05, 3.63) is 17.0 Å². The van der Waals surface area contributed by atoms with Gasteiger partial charge in [-0.3, -0.25) is 4.68 Å². The summed E-state index contributed by atoms with van der Waals surface area (Å²) in [5.74, 6) is 0. The minimum absolute atomic E-state index is 0.348. The third-order valence-electron chi connectivity index (χ3n) is 3.97. The van der Waals surface area contributed by atoms with Crippen LogP contribution in [0, 0.1) is 13.8 Å². The summed E-state index contributed by atoms with van der Waals surface area (Å²) in [4.78, 5) is 0. The number of aromatic nitrogens is 2. The maximum atomic E-state index is 5.70. The van der Waals surface area contributed by atoms with E-state index in [1.54, 1.807) is 7.11 Å². The van der Waals surface area contributed by atoms with E-state index in [0.29, 0.717) is 6.10 Å². The molecular formula is C15H27N3O2. The van der Waals surface area contributed by atoms with E-state index in [4.69, 9.17) is 9.47 Å². The first kappa shape index (κ1) is 15.5. The molecule has 1 aliphatic rings. The molecule has 20 heavy (non-hydrogen) atoms. The first-order valence-electron chi connectivity index (χ1n) is 7.56. The molecule has 1 N–H and O–H groups in total. The number of aryl methyl sites for hydroxylation is 1. The summed E-state index contributed by atoms with van der Waals surface area (Å²) in [7, 11) is 1.73. The molecule has 0 spiro atoms. The Morgan fingerprint density at radius 3 is 2.95 bits per heavy atom. The summed E-state index contributed by atoms with van der Waals surface area (Å²) in [6.07, 6.45) is 3.71. The predicted molar refractivity (Wildman–Crippen MR) is 79.1 cm³/mol. The monoisotopic (exact) mass is 281 g/mol. The lowest BCUT2D eigenvalue weighted by Gasteiger charge is -2.11. The topological polar surface area (TPSA) is 48.3 Å². The first-order valence-corrected chi connectivity index (χ1v) is 7.56. The standard InChI is InChI=1S/C15H27N3O2/c1-12-15(6-7-16-8-10-19-3)13(2)18(17-12)11-14-5-4-9-20-14/h14,16H,4-11H2,1-3H3. The Labute approximate surface area is 121 Å². The van der Waals surface area contributed by atoms with Crippen LogP contribution in [0.1, 0.15) is 29.8 Å². The number of rotatable bonds is 8. The predicted octanol–water partition coefficient (Wildman–Crippen LogP) is 1.46. The molecule has 5 heteroatoms. The third kappa shape index (κ3) is 4.04. The van der Waals surface area contributed by atoms with E-state index >= 15 is 0 Å². The Hall–Kier alpha value is -0.910. The number of hydrogen-bond acceptors (Lipinski definition) is 4. The van der Waals surface area contributed by atoms with Crippen molar-refractivity contribution in [3.63, 3.8) is 0 Å². The number of hydrogen-bond donors (Lipinski definition) is 1. The molecule has 2 rings (SSSR count). The van der Waals surface area contributed by atoms with Crippen LogP contribution in [0.25, 0.3) is 0 Å². The molecule has 1 fully saturated rings. The highest BCUT2D eigenvalue weighted by Crippen LogP contribution is 2.18. The van der Waals surface area contributed by atoms with Crippen LogP contribution in [-0.2, 0) is 22.4 Å². The van der Waals surface area contributed by atoms with E-state index in [1.807, 2.05) is 0 Å². The summed E-state index contributed by atoms with van der Waals surface area (Å²) >= 11 is 0. The van der Waals surface area contributed by atoms with Crippen LogP contribution in [0.3, 0.4) is 0 Å². The smallest absolute Gasteiger partial charge is 0.0771 e. The molecule has 0 aromatic carbocycles. The van der Waals surface area contributed by atoms with Gasteiger partial charge in [-0.25, -0.2) is 0 Å². The average molecular weight is 281 g/mol. The Bertz CT molecular complexity index is 411. The van der Waals surface area contributed by atoms with Gasteiger partial charge in [-0.15, -0.1) is 0 Å². The lowest BCUT2D eigenvalue weighted by molar-refractivity contribution is 0.0934. The van der Waals surface area contributed by atoms with Gasteiger partial charge in [-0.2, -0.15) is 5.10 Å². The molecule has 0 amide bonds.